The van der Waals surface area contributed by atoms with Gasteiger partial charge in [0.2, 0.25) is 0 Å². The molecule has 0 aliphatic heterocycles. The van der Waals surface area contributed by atoms with Crippen LogP contribution in [0.2, 0.25) is 0 Å². The molecule has 0 aliphatic rings. The smallest absolute Gasteiger partial charge is 0.327 e. The van der Waals surface area contributed by atoms with Gasteiger partial charge in [0.15, 0.2) is 0 Å². The number of carbonyl (C=O) groups excluding carboxylic acids is 1. The van der Waals surface area contributed by atoms with E-state index < -0.39 is 11.5 Å². The van der Waals surface area contributed by atoms with Crippen molar-refractivity contribution in [1.29, 1.82) is 5.26 Å². The highest BCUT2D eigenvalue weighted by Crippen LogP contribution is 2.04. The van der Waals surface area contributed by atoms with E-state index in [-0.39, 0.29) is 18.7 Å². The van der Waals surface area contributed by atoms with Crippen molar-refractivity contribution in [3.05, 3.63) is 27.2 Å². The van der Waals surface area contributed by atoms with Crippen molar-refractivity contribution >= 4 is 5.97 Å². The number of nitrogens with zero attached hydrogens (tertiary/aromatic N) is 3. The zero-order chi connectivity index (χ0) is 13.0. The number of carbonyl (C=O) groups is 1. The van der Waals surface area contributed by atoms with Gasteiger partial charge in [-0.3, -0.25) is 9.59 Å². The normalized spacial score (nSPS) is 9.76. The summed E-state index contributed by atoms with van der Waals surface area (Å²) < 4.78 is 5.68. The molecule has 1 rings (SSSR count). The molecule has 1 aromatic rings. The molecule has 0 unspecified atom stereocenters. The van der Waals surface area contributed by atoms with Gasteiger partial charge >= 0.3 is 5.97 Å². The second kappa shape index (κ2) is 5.25. The van der Waals surface area contributed by atoms with Crippen LogP contribution < -0.4 is 5.56 Å². The summed E-state index contributed by atoms with van der Waals surface area (Å²) >= 11 is 0. The zero-order valence-electron chi connectivity index (χ0n) is 9.98. The highest BCUT2D eigenvalue weighted by Gasteiger charge is 2.13. The second-order valence-corrected chi connectivity index (χ2v) is 3.47. The molecule has 17 heavy (non-hydrogen) atoms. The predicted octanol–water partition coefficient (Wildman–Crippen LogP) is 0.295. The lowest BCUT2D eigenvalue weighted by atomic mass is 10.1. The lowest BCUT2D eigenvalue weighted by molar-refractivity contribution is -0.144. The van der Waals surface area contributed by atoms with E-state index in [0.717, 1.165) is 4.68 Å². The number of aromatic nitrogens is 2. The molecule has 90 valence electrons. The van der Waals surface area contributed by atoms with Crippen molar-refractivity contribution in [2.75, 3.05) is 6.61 Å². The molecule has 0 N–H and O–H groups in total. The standard InChI is InChI=1S/C11H13N3O3/c1-4-17-10(15)6-14-11(16)9(5-12)7(2)8(3)13-14/h4,6H2,1-3H3. The van der Waals surface area contributed by atoms with Crippen molar-refractivity contribution in [3.63, 3.8) is 0 Å². The van der Waals surface area contributed by atoms with Crippen molar-refractivity contribution in [1.82, 2.24) is 9.78 Å². The van der Waals surface area contributed by atoms with Gasteiger partial charge in [0.05, 0.1) is 12.3 Å². The average molecular weight is 235 g/mol. The molecular weight excluding hydrogens is 222 g/mol. The number of hydrogen-bond donors (Lipinski definition) is 0. The van der Waals surface area contributed by atoms with Gasteiger partial charge in [-0.2, -0.15) is 10.4 Å². The van der Waals surface area contributed by atoms with Crippen LogP contribution >= 0.6 is 0 Å². The minimum absolute atomic E-state index is 0.0156. The Bertz CT molecular complexity index is 540. The van der Waals surface area contributed by atoms with Crippen molar-refractivity contribution in [2.24, 2.45) is 0 Å². The van der Waals surface area contributed by atoms with E-state index in [0.29, 0.717) is 11.3 Å². The fourth-order valence-corrected chi connectivity index (χ4v) is 1.34. The summed E-state index contributed by atoms with van der Waals surface area (Å²) in [5, 5.41) is 12.8. The fraction of sp³-hybridized carbons (Fsp3) is 0.455. The molecule has 0 saturated heterocycles. The van der Waals surface area contributed by atoms with E-state index in [4.69, 9.17) is 10.00 Å². The summed E-state index contributed by atoms with van der Waals surface area (Å²) in [6.07, 6.45) is 0. The lowest BCUT2D eigenvalue weighted by Gasteiger charge is -2.08. The Morgan fingerprint density at radius 1 is 1.53 bits per heavy atom. The largest absolute Gasteiger partial charge is 0.465 e. The Balaban J connectivity index is 3.19. The molecule has 0 aromatic carbocycles. The first-order chi connectivity index (χ1) is 8.01. The Morgan fingerprint density at radius 2 is 2.18 bits per heavy atom. The molecule has 0 fully saturated rings. The topological polar surface area (TPSA) is 85.0 Å². The number of aryl methyl sites for hydroxylation is 1. The van der Waals surface area contributed by atoms with Crippen LogP contribution in [0.3, 0.4) is 0 Å². The van der Waals surface area contributed by atoms with Crippen LogP contribution in [0.5, 0.6) is 0 Å². The Morgan fingerprint density at radius 3 is 2.71 bits per heavy atom. The summed E-state index contributed by atoms with van der Waals surface area (Å²) in [4.78, 5) is 23.0. The number of nitriles is 1. The summed E-state index contributed by atoms with van der Waals surface area (Å²) in [5.74, 6) is -0.547. The maximum atomic E-state index is 11.8. The SMILES string of the molecule is CCOC(=O)Cn1nc(C)c(C)c(C#N)c1=O. The summed E-state index contributed by atoms with van der Waals surface area (Å²) in [6, 6.07) is 1.82. The van der Waals surface area contributed by atoms with Crippen molar-refractivity contribution in [3.8, 4) is 6.07 Å². The fourth-order valence-electron chi connectivity index (χ4n) is 1.34. The van der Waals surface area contributed by atoms with Gasteiger partial charge < -0.3 is 4.74 Å². The van der Waals surface area contributed by atoms with E-state index in [2.05, 4.69) is 5.10 Å². The summed E-state index contributed by atoms with van der Waals surface area (Å²) in [6.45, 7) is 4.97. The lowest BCUT2D eigenvalue weighted by Crippen LogP contribution is -2.31. The van der Waals surface area contributed by atoms with Crippen molar-refractivity contribution in [2.45, 2.75) is 27.3 Å². The Hall–Kier alpha value is -2.16. The number of ether oxygens (including phenoxy) is 1. The van der Waals surface area contributed by atoms with E-state index in [1.54, 1.807) is 20.8 Å². The van der Waals surface area contributed by atoms with E-state index >= 15 is 0 Å². The summed E-state index contributed by atoms with van der Waals surface area (Å²) in [5.41, 5.74) is 0.536. The summed E-state index contributed by atoms with van der Waals surface area (Å²) in [7, 11) is 0. The van der Waals surface area contributed by atoms with E-state index in [1.807, 2.05) is 6.07 Å². The number of hydrogen-bond acceptors (Lipinski definition) is 5. The second-order valence-electron chi connectivity index (χ2n) is 3.47. The van der Waals surface area contributed by atoms with Gasteiger partial charge in [0.25, 0.3) is 5.56 Å². The van der Waals surface area contributed by atoms with Crippen LogP contribution in [-0.2, 0) is 16.1 Å². The molecule has 0 radical (unpaired) electrons. The maximum Gasteiger partial charge on any atom is 0.327 e. The van der Waals surface area contributed by atoms with Crippen LogP contribution in [0.25, 0.3) is 0 Å². The predicted molar refractivity (Wildman–Crippen MR) is 59.3 cm³/mol. The first-order valence-corrected chi connectivity index (χ1v) is 5.15. The van der Waals surface area contributed by atoms with Crippen LogP contribution in [0.15, 0.2) is 4.79 Å². The molecule has 1 aromatic heterocycles. The molecule has 6 heteroatoms. The number of esters is 1. The van der Waals surface area contributed by atoms with Gasteiger partial charge in [-0.15, -0.1) is 0 Å². The maximum absolute atomic E-state index is 11.8. The molecule has 0 amide bonds. The molecule has 0 bridgehead atoms. The molecular formula is C11H13N3O3. The average Bonchev–Trinajstić information content (AvgIpc) is 2.27. The van der Waals surface area contributed by atoms with Crippen LogP contribution in [-0.4, -0.2) is 22.4 Å². The van der Waals surface area contributed by atoms with E-state index in [9.17, 15) is 9.59 Å². The highest BCUT2D eigenvalue weighted by atomic mass is 16.5. The Labute approximate surface area is 98.4 Å². The van der Waals surface area contributed by atoms with Gasteiger partial charge in [-0.1, -0.05) is 0 Å². The third kappa shape index (κ3) is 2.69. The number of rotatable bonds is 3. The minimum atomic E-state index is -0.566. The third-order valence-corrected chi connectivity index (χ3v) is 2.33. The molecule has 0 aliphatic carbocycles. The quantitative estimate of drug-likeness (QED) is 0.703. The van der Waals surface area contributed by atoms with Crippen LogP contribution in [0.4, 0.5) is 0 Å². The molecule has 0 spiro atoms. The first kappa shape index (κ1) is 12.9. The third-order valence-electron chi connectivity index (χ3n) is 2.33. The van der Waals surface area contributed by atoms with E-state index in [1.165, 1.54) is 0 Å². The van der Waals surface area contributed by atoms with Gasteiger partial charge in [0, 0.05) is 0 Å². The zero-order valence-corrected chi connectivity index (χ0v) is 9.98. The van der Waals surface area contributed by atoms with Gasteiger partial charge in [0.1, 0.15) is 18.2 Å². The minimum Gasteiger partial charge on any atom is -0.465 e. The van der Waals surface area contributed by atoms with Gasteiger partial charge in [-0.05, 0) is 26.3 Å². The monoisotopic (exact) mass is 235 g/mol. The molecule has 0 saturated carbocycles. The Kier molecular flexibility index (Phi) is 3.99. The molecule has 1 heterocycles. The van der Waals surface area contributed by atoms with Gasteiger partial charge in [-0.25, -0.2) is 4.68 Å². The van der Waals surface area contributed by atoms with Crippen LogP contribution in [0, 0.1) is 25.2 Å². The highest BCUT2D eigenvalue weighted by molar-refractivity contribution is 5.69. The van der Waals surface area contributed by atoms with Crippen molar-refractivity contribution < 1.29 is 9.53 Å². The molecule has 0 atom stereocenters. The van der Waals surface area contributed by atoms with Crippen LogP contribution in [0.1, 0.15) is 23.7 Å². The molecule has 6 nitrogen and oxygen atoms in total. The first-order valence-electron chi connectivity index (χ1n) is 5.15.